The van der Waals surface area contributed by atoms with Gasteiger partial charge in [0.2, 0.25) is 0 Å². The molecule has 0 amide bonds. The zero-order valence-electron chi connectivity index (χ0n) is 13.7. The third-order valence-electron chi connectivity index (χ3n) is 3.55. The van der Waals surface area contributed by atoms with Gasteiger partial charge in [0.05, 0.1) is 29.6 Å². The van der Waals surface area contributed by atoms with Crippen LogP contribution in [-0.2, 0) is 14.3 Å². The van der Waals surface area contributed by atoms with Crippen LogP contribution >= 0.6 is 11.8 Å². The van der Waals surface area contributed by atoms with Crippen molar-refractivity contribution >= 4 is 23.4 Å². The number of nitro benzene ring substituents is 1. The van der Waals surface area contributed by atoms with E-state index in [-0.39, 0.29) is 12.3 Å². The molecule has 1 aliphatic heterocycles. The van der Waals surface area contributed by atoms with Crippen LogP contribution in [0, 0.1) is 10.1 Å². The van der Waals surface area contributed by atoms with Crippen LogP contribution in [0.2, 0.25) is 0 Å². The Morgan fingerprint density at radius 3 is 2.67 bits per heavy atom. The Morgan fingerprint density at radius 2 is 2.04 bits per heavy atom. The second-order valence-corrected chi connectivity index (χ2v) is 6.11. The molecule has 1 saturated heterocycles. The maximum atomic E-state index is 12.4. The summed E-state index contributed by atoms with van der Waals surface area (Å²) in [6, 6.07) is 6.37. The van der Waals surface area contributed by atoms with Crippen LogP contribution < -0.4 is 0 Å². The van der Waals surface area contributed by atoms with Gasteiger partial charge < -0.3 is 14.4 Å². The number of ether oxygens (including phenoxy) is 2. The van der Waals surface area contributed by atoms with Gasteiger partial charge in [-0.2, -0.15) is 0 Å². The Balaban J connectivity index is 2.36. The summed E-state index contributed by atoms with van der Waals surface area (Å²) in [6.07, 6.45) is 0. The summed E-state index contributed by atoms with van der Waals surface area (Å²) in [7, 11) is 0. The van der Waals surface area contributed by atoms with E-state index in [2.05, 4.69) is 0 Å². The predicted molar refractivity (Wildman–Crippen MR) is 90.7 cm³/mol. The lowest BCUT2D eigenvalue weighted by molar-refractivity contribution is -0.387. The van der Waals surface area contributed by atoms with Gasteiger partial charge in [0.25, 0.3) is 5.69 Å². The van der Waals surface area contributed by atoms with Crippen LogP contribution in [0.25, 0.3) is 0 Å². The third kappa shape index (κ3) is 4.48. The summed E-state index contributed by atoms with van der Waals surface area (Å²) in [5.41, 5.74) is 0.721. The molecule has 0 spiro atoms. The topological polar surface area (TPSA) is 81.9 Å². The van der Waals surface area contributed by atoms with Gasteiger partial charge >= 0.3 is 5.97 Å². The first-order chi connectivity index (χ1) is 11.5. The third-order valence-corrected chi connectivity index (χ3v) is 4.78. The van der Waals surface area contributed by atoms with Crippen LogP contribution in [0.4, 0.5) is 5.69 Å². The quantitative estimate of drug-likeness (QED) is 0.256. The van der Waals surface area contributed by atoms with E-state index in [0.29, 0.717) is 36.1 Å². The average Bonchev–Trinajstić information content (AvgIpc) is 2.60. The van der Waals surface area contributed by atoms with Crippen molar-refractivity contribution in [2.45, 2.75) is 18.7 Å². The molecule has 8 heteroatoms. The second-order valence-electron chi connectivity index (χ2n) is 5.06. The molecule has 0 N–H and O–H groups in total. The summed E-state index contributed by atoms with van der Waals surface area (Å²) in [5, 5.41) is 11.2. The van der Waals surface area contributed by atoms with Crippen molar-refractivity contribution in [3.05, 3.63) is 45.0 Å². The van der Waals surface area contributed by atoms with Crippen LogP contribution in [0.15, 0.2) is 39.8 Å². The highest BCUT2D eigenvalue weighted by molar-refractivity contribution is 8.04. The summed E-state index contributed by atoms with van der Waals surface area (Å²) < 4.78 is 10.5. The standard InChI is InChI=1S/C16H20N2O5S/c1-3-23-16(19)15(12(2)17-8-10-22-11-9-17)24-14-7-5-4-6-13(14)18(20)21/h4-7H,3,8-11H2,1-2H3/b15-12-. The molecular formula is C16H20N2O5S. The van der Waals surface area contributed by atoms with Crippen molar-refractivity contribution in [3.8, 4) is 0 Å². The van der Waals surface area contributed by atoms with Crippen LogP contribution in [0.1, 0.15) is 13.8 Å². The van der Waals surface area contributed by atoms with E-state index >= 15 is 0 Å². The second kappa shape index (κ2) is 8.70. The van der Waals surface area contributed by atoms with Crippen molar-refractivity contribution in [3.63, 3.8) is 0 Å². The number of para-hydroxylation sites is 1. The minimum Gasteiger partial charge on any atom is -0.462 e. The molecule has 0 aromatic heterocycles. The maximum absolute atomic E-state index is 12.4. The highest BCUT2D eigenvalue weighted by atomic mass is 32.2. The molecule has 1 fully saturated rings. The number of hydrogen-bond acceptors (Lipinski definition) is 7. The normalized spacial score (nSPS) is 15.7. The number of rotatable bonds is 6. The molecule has 1 aliphatic rings. The Kier molecular flexibility index (Phi) is 6.62. The largest absolute Gasteiger partial charge is 0.462 e. The number of carbonyl (C=O) groups excluding carboxylic acids is 1. The fourth-order valence-electron chi connectivity index (χ4n) is 2.31. The van der Waals surface area contributed by atoms with Gasteiger partial charge in [0.1, 0.15) is 4.91 Å². The number of carbonyl (C=O) groups is 1. The minimum atomic E-state index is -0.468. The molecule has 0 atom stereocenters. The minimum absolute atomic E-state index is 0.0286. The van der Waals surface area contributed by atoms with Gasteiger partial charge in [-0.25, -0.2) is 4.79 Å². The molecule has 0 unspecified atom stereocenters. The predicted octanol–water partition coefficient (Wildman–Crippen LogP) is 2.81. The Labute approximate surface area is 144 Å². The van der Waals surface area contributed by atoms with Crippen LogP contribution in [0.3, 0.4) is 0 Å². The van der Waals surface area contributed by atoms with Gasteiger partial charge in [0.15, 0.2) is 0 Å². The van der Waals surface area contributed by atoms with Gasteiger partial charge in [-0.15, -0.1) is 0 Å². The SMILES string of the molecule is CCOC(=O)/C(Sc1ccccc1[N+](=O)[O-])=C(\C)N1CCOCC1. The Bertz CT molecular complexity index is 641. The smallest absolute Gasteiger partial charge is 0.346 e. The van der Waals surface area contributed by atoms with E-state index in [9.17, 15) is 14.9 Å². The van der Waals surface area contributed by atoms with Crippen molar-refractivity contribution in [1.82, 2.24) is 4.90 Å². The molecule has 1 heterocycles. The van der Waals surface area contributed by atoms with E-state index in [4.69, 9.17) is 9.47 Å². The molecule has 1 aromatic rings. The van der Waals surface area contributed by atoms with Crippen molar-refractivity contribution in [2.24, 2.45) is 0 Å². The highest BCUT2D eigenvalue weighted by Crippen LogP contribution is 2.36. The lowest BCUT2D eigenvalue weighted by Crippen LogP contribution is -2.35. The van der Waals surface area contributed by atoms with Gasteiger partial charge in [-0.05, 0) is 19.9 Å². The molecule has 130 valence electrons. The first-order valence-corrected chi connectivity index (χ1v) is 8.48. The molecule has 2 rings (SSSR count). The summed E-state index contributed by atoms with van der Waals surface area (Å²) in [5.74, 6) is -0.468. The number of allylic oxidation sites excluding steroid dienone is 1. The van der Waals surface area contributed by atoms with Crippen molar-refractivity contribution in [2.75, 3.05) is 32.9 Å². The fraction of sp³-hybridized carbons (Fsp3) is 0.438. The average molecular weight is 352 g/mol. The molecule has 1 aromatic carbocycles. The molecule has 0 radical (unpaired) electrons. The van der Waals surface area contributed by atoms with E-state index < -0.39 is 10.9 Å². The highest BCUT2D eigenvalue weighted by Gasteiger charge is 2.24. The van der Waals surface area contributed by atoms with E-state index in [1.54, 1.807) is 25.1 Å². The van der Waals surface area contributed by atoms with E-state index in [1.165, 1.54) is 6.07 Å². The molecule has 0 saturated carbocycles. The summed E-state index contributed by atoms with van der Waals surface area (Å²) in [4.78, 5) is 26.0. The van der Waals surface area contributed by atoms with Crippen molar-refractivity contribution in [1.29, 1.82) is 0 Å². The van der Waals surface area contributed by atoms with Crippen LogP contribution in [-0.4, -0.2) is 48.7 Å². The zero-order chi connectivity index (χ0) is 17.5. The lowest BCUT2D eigenvalue weighted by Gasteiger charge is -2.30. The first kappa shape index (κ1) is 18.3. The fourth-order valence-corrected chi connectivity index (χ4v) is 3.34. The molecule has 0 bridgehead atoms. The lowest BCUT2D eigenvalue weighted by atomic mass is 10.3. The number of benzene rings is 1. The number of nitrogens with zero attached hydrogens (tertiary/aromatic N) is 2. The van der Waals surface area contributed by atoms with Crippen LogP contribution in [0.5, 0.6) is 0 Å². The van der Waals surface area contributed by atoms with E-state index in [0.717, 1.165) is 17.5 Å². The van der Waals surface area contributed by atoms with E-state index in [1.807, 2.05) is 11.8 Å². The number of morpholine rings is 1. The van der Waals surface area contributed by atoms with Gasteiger partial charge in [-0.3, -0.25) is 10.1 Å². The number of nitro groups is 1. The van der Waals surface area contributed by atoms with Gasteiger partial charge in [0, 0.05) is 24.9 Å². The zero-order valence-corrected chi connectivity index (χ0v) is 14.5. The number of hydrogen-bond donors (Lipinski definition) is 0. The maximum Gasteiger partial charge on any atom is 0.346 e. The molecule has 0 aliphatic carbocycles. The summed E-state index contributed by atoms with van der Waals surface area (Å²) >= 11 is 1.07. The molecular weight excluding hydrogens is 332 g/mol. The Morgan fingerprint density at radius 1 is 1.38 bits per heavy atom. The molecule has 24 heavy (non-hydrogen) atoms. The monoisotopic (exact) mass is 352 g/mol. The van der Waals surface area contributed by atoms with Gasteiger partial charge in [-0.1, -0.05) is 23.9 Å². The molecule has 7 nitrogen and oxygen atoms in total. The summed E-state index contributed by atoms with van der Waals surface area (Å²) in [6.45, 7) is 6.33. The first-order valence-electron chi connectivity index (χ1n) is 7.66. The number of esters is 1. The van der Waals surface area contributed by atoms with Crippen molar-refractivity contribution < 1.29 is 19.2 Å². The number of thioether (sulfide) groups is 1. The Hall–Kier alpha value is -2.06.